The van der Waals surface area contributed by atoms with Crippen LogP contribution in [0.25, 0.3) is 6.08 Å². The van der Waals surface area contributed by atoms with Crippen LogP contribution in [0.4, 0.5) is 4.79 Å². The average molecular weight is 553 g/mol. The van der Waals surface area contributed by atoms with Crippen molar-refractivity contribution in [2.45, 2.75) is 20.0 Å². The molecule has 0 N–H and O–H groups in total. The van der Waals surface area contributed by atoms with Crippen LogP contribution < -0.4 is 9.47 Å². The third-order valence-corrected chi connectivity index (χ3v) is 6.33. The fourth-order valence-corrected chi connectivity index (χ4v) is 4.78. The van der Waals surface area contributed by atoms with Gasteiger partial charge in [-0.25, -0.2) is 0 Å². The van der Waals surface area contributed by atoms with E-state index in [1.165, 1.54) is 10.5 Å². The maximum absolute atomic E-state index is 12.6. The fraction of sp³-hybridized carbons (Fsp3) is 0.304. The molecule has 8 heteroatoms. The summed E-state index contributed by atoms with van der Waals surface area (Å²) in [6, 6.07) is 11.9. The van der Waals surface area contributed by atoms with Gasteiger partial charge in [0.25, 0.3) is 11.1 Å². The average Bonchev–Trinajstić information content (AvgIpc) is 3.00. The van der Waals surface area contributed by atoms with Crippen molar-refractivity contribution in [2.75, 3.05) is 27.4 Å². The number of carbonyl (C=O) groups is 2. The SMILES string of the molecule is COCCCN1C(=O)S/C(=C/c2cc(I)c(OCc3cccc(C)c3)c(OC)c2)C1=O. The van der Waals surface area contributed by atoms with Crippen molar-refractivity contribution >= 4 is 51.6 Å². The number of hydrogen-bond donors (Lipinski definition) is 0. The Morgan fingerprint density at radius 3 is 2.68 bits per heavy atom. The van der Waals surface area contributed by atoms with Crippen LogP contribution in [0.1, 0.15) is 23.1 Å². The molecule has 0 unspecified atom stereocenters. The molecule has 1 heterocycles. The number of ether oxygens (including phenoxy) is 3. The molecule has 1 aliphatic heterocycles. The predicted molar refractivity (Wildman–Crippen MR) is 130 cm³/mol. The molecule has 2 aromatic rings. The number of carbonyl (C=O) groups excluding carboxylic acids is 2. The van der Waals surface area contributed by atoms with E-state index in [0.717, 1.165) is 26.5 Å². The summed E-state index contributed by atoms with van der Waals surface area (Å²) in [4.78, 5) is 26.5. The lowest BCUT2D eigenvalue weighted by molar-refractivity contribution is -0.122. The molecule has 164 valence electrons. The lowest BCUT2D eigenvalue weighted by Gasteiger charge is -2.14. The highest BCUT2D eigenvalue weighted by Crippen LogP contribution is 2.37. The van der Waals surface area contributed by atoms with E-state index in [0.29, 0.717) is 42.6 Å². The minimum absolute atomic E-state index is 0.257. The molecule has 2 aromatic carbocycles. The number of halogens is 1. The first-order chi connectivity index (χ1) is 14.9. The van der Waals surface area contributed by atoms with Gasteiger partial charge in [-0.15, -0.1) is 0 Å². The monoisotopic (exact) mass is 553 g/mol. The van der Waals surface area contributed by atoms with Gasteiger partial charge in [-0.3, -0.25) is 14.5 Å². The maximum Gasteiger partial charge on any atom is 0.293 e. The largest absolute Gasteiger partial charge is 0.493 e. The van der Waals surface area contributed by atoms with E-state index in [9.17, 15) is 9.59 Å². The van der Waals surface area contributed by atoms with Gasteiger partial charge in [0.1, 0.15) is 6.61 Å². The minimum Gasteiger partial charge on any atom is -0.493 e. The van der Waals surface area contributed by atoms with E-state index >= 15 is 0 Å². The van der Waals surface area contributed by atoms with Crippen LogP contribution in [0, 0.1) is 10.5 Å². The van der Waals surface area contributed by atoms with Gasteiger partial charge in [0.05, 0.1) is 15.6 Å². The number of benzene rings is 2. The molecule has 2 amide bonds. The lowest BCUT2D eigenvalue weighted by Crippen LogP contribution is -2.29. The number of rotatable bonds is 9. The first-order valence-electron chi connectivity index (χ1n) is 9.73. The number of thioether (sulfide) groups is 1. The third kappa shape index (κ3) is 6.02. The van der Waals surface area contributed by atoms with Crippen LogP contribution in [0.5, 0.6) is 11.5 Å². The lowest BCUT2D eigenvalue weighted by atomic mass is 10.1. The summed E-state index contributed by atoms with van der Waals surface area (Å²) in [5.74, 6) is 0.944. The summed E-state index contributed by atoms with van der Waals surface area (Å²) >= 11 is 3.14. The summed E-state index contributed by atoms with van der Waals surface area (Å²) in [5, 5.41) is -0.257. The molecule has 1 aliphatic rings. The zero-order valence-corrected chi connectivity index (χ0v) is 20.6. The van der Waals surface area contributed by atoms with Gasteiger partial charge in [0.15, 0.2) is 11.5 Å². The van der Waals surface area contributed by atoms with Gasteiger partial charge >= 0.3 is 0 Å². The molecule has 1 saturated heterocycles. The Kier molecular flexibility index (Phi) is 8.39. The summed E-state index contributed by atoms with van der Waals surface area (Å²) in [6.45, 7) is 3.32. The van der Waals surface area contributed by atoms with Gasteiger partial charge in [0, 0.05) is 20.3 Å². The Bertz CT molecular complexity index is 1010. The van der Waals surface area contributed by atoms with E-state index < -0.39 is 0 Å². The zero-order valence-electron chi connectivity index (χ0n) is 17.6. The first-order valence-corrected chi connectivity index (χ1v) is 11.6. The number of methoxy groups -OCH3 is 2. The van der Waals surface area contributed by atoms with Crippen molar-refractivity contribution < 1.29 is 23.8 Å². The number of aryl methyl sites for hydroxylation is 1. The van der Waals surface area contributed by atoms with Crippen molar-refractivity contribution in [1.82, 2.24) is 4.90 Å². The van der Waals surface area contributed by atoms with Gasteiger partial charge in [-0.1, -0.05) is 29.8 Å². The molecule has 0 atom stereocenters. The van der Waals surface area contributed by atoms with Gasteiger partial charge in [0.2, 0.25) is 0 Å². The molecule has 0 saturated carbocycles. The van der Waals surface area contributed by atoms with Crippen LogP contribution in [0.3, 0.4) is 0 Å². The van der Waals surface area contributed by atoms with E-state index in [1.807, 2.05) is 37.3 Å². The Morgan fingerprint density at radius 1 is 1.16 bits per heavy atom. The minimum atomic E-state index is -0.278. The van der Waals surface area contributed by atoms with Crippen molar-refractivity contribution in [3.8, 4) is 11.5 Å². The molecule has 31 heavy (non-hydrogen) atoms. The Hall–Kier alpha value is -2.04. The van der Waals surface area contributed by atoms with Gasteiger partial charge in [-0.05, 0) is 77.0 Å². The van der Waals surface area contributed by atoms with E-state index in [2.05, 4.69) is 28.7 Å². The Balaban J connectivity index is 1.78. The van der Waals surface area contributed by atoms with Crippen molar-refractivity contribution in [3.63, 3.8) is 0 Å². The summed E-state index contributed by atoms with van der Waals surface area (Å²) < 4.78 is 17.4. The molecule has 6 nitrogen and oxygen atoms in total. The standard InChI is InChI=1S/C23H24INO5S/c1-15-6-4-7-16(10-15)14-30-21-18(24)11-17(12-19(21)29-3)13-20-22(26)25(23(27)31-20)8-5-9-28-2/h4,6-7,10-13H,5,8-9,14H2,1-3H3/b20-13+. The molecule has 0 bridgehead atoms. The molecule has 3 rings (SSSR count). The smallest absolute Gasteiger partial charge is 0.293 e. The summed E-state index contributed by atoms with van der Waals surface area (Å²) in [7, 11) is 3.18. The molecule has 0 aliphatic carbocycles. The first kappa shape index (κ1) is 23.6. The molecule has 0 spiro atoms. The van der Waals surface area contributed by atoms with Crippen LogP contribution in [0.15, 0.2) is 41.3 Å². The summed E-state index contributed by atoms with van der Waals surface area (Å²) in [5.41, 5.74) is 3.02. The van der Waals surface area contributed by atoms with E-state index in [-0.39, 0.29) is 11.1 Å². The number of imide groups is 1. The van der Waals surface area contributed by atoms with Crippen molar-refractivity contribution in [3.05, 3.63) is 61.6 Å². The normalized spacial score (nSPS) is 15.1. The fourth-order valence-electron chi connectivity index (χ4n) is 3.13. The van der Waals surface area contributed by atoms with Gasteiger partial charge in [-0.2, -0.15) is 0 Å². The quantitative estimate of drug-likeness (QED) is 0.240. The van der Waals surface area contributed by atoms with Crippen molar-refractivity contribution in [2.24, 2.45) is 0 Å². The van der Waals surface area contributed by atoms with Crippen LogP contribution in [-0.4, -0.2) is 43.4 Å². The molecule has 0 radical (unpaired) electrons. The summed E-state index contributed by atoms with van der Waals surface area (Å²) in [6.07, 6.45) is 2.33. The third-order valence-electron chi connectivity index (χ3n) is 4.62. The number of amides is 2. The second-order valence-corrected chi connectivity index (χ2v) is 9.15. The van der Waals surface area contributed by atoms with Crippen LogP contribution >= 0.6 is 34.4 Å². The second kappa shape index (κ2) is 11.0. The highest BCUT2D eigenvalue weighted by Gasteiger charge is 2.34. The zero-order chi connectivity index (χ0) is 22.4. The topological polar surface area (TPSA) is 65.1 Å². The van der Waals surface area contributed by atoms with E-state index in [4.69, 9.17) is 14.2 Å². The Labute approximate surface area is 200 Å². The predicted octanol–water partition coefficient (Wildman–Crippen LogP) is 5.26. The molecular formula is C23H24INO5S. The van der Waals surface area contributed by atoms with Gasteiger partial charge < -0.3 is 14.2 Å². The molecule has 1 fully saturated rings. The van der Waals surface area contributed by atoms with Crippen molar-refractivity contribution in [1.29, 1.82) is 0 Å². The van der Waals surface area contributed by atoms with Crippen LogP contribution in [0.2, 0.25) is 0 Å². The number of hydrogen-bond acceptors (Lipinski definition) is 6. The second-order valence-electron chi connectivity index (χ2n) is 6.99. The number of nitrogens with zero attached hydrogens (tertiary/aromatic N) is 1. The molecule has 0 aromatic heterocycles. The highest BCUT2D eigenvalue weighted by atomic mass is 127. The van der Waals surface area contributed by atoms with E-state index in [1.54, 1.807) is 20.3 Å². The highest BCUT2D eigenvalue weighted by molar-refractivity contribution is 14.1. The van der Waals surface area contributed by atoms with Crippen LogP contribution in [-0.2, 0) is 16.1 Å². The Morgan fingerprint density at radius 2 is 1.97 bits per heavy atom. The maximum atomic E-state index is 12.6. The molecular weight excluding hydrogens is 529 g/mol.